The lowest BCUT2D eigenvalue weighted by Crippen LogP contribution is -2.01. The summed E-state index contributed by atoms with van der Waals surface area (Å²) < 4.78 is 0. The number of aliphatic hydroxyl groups excluding tert-OH is 1. The summed E-state index contributed by atoms with van der Waals surface area (Å²) in [5.74, 6) is 0. The number of hydrogen-bond acceptors (Lipinski definition) is 5. The molecule has 122 valence electrons. The molecule has 0 amide bonds. The summed E-state index contributed by atoms with van der Waals surface area (Å²) in [7, 11) is 0. The first kappa shape index (κ1) is 17.2. The van der Waals surface area contributed by atoms with Gasteiger partial charge in [0.25, 0.3) is 5.69 Å². The number of hydrogen-bond donors (Lipinski definition) is 2. The van der Waals surface area contributed by atoms with E-state index in [1.807, 2.05) is 30.4 Å². The molecule has 0 aliphatic heterocycles. The van der Waals surface area contributed by atoms with Gasteiger partial charge in [0.15, 0.2) is 0 Å². The van der Waals surface area contributed by atoms with Crippen molar-refractivity contribution in [2.45, 2.75) is 12.8 Å². The number of anilines is 1. The second-order valence-electron chi connectivity index (χ2n) is 5.22. The van der Waals surface area contributed by atoms with Gasteiger partial charge < -0.3 is 10.8 Å². The van der Waals surface area contributed by atoms with Crippen molar-refractivity contribution in [1.82, 2.24) is 0 Å². The molecule has 3 N–H and O–H groups in total. The van der Waals surface area contributed by atoms with Crippen molar-refractivity contribution in [2.24, 2.45) is 0 Å². The Kier molecular flexibility index (Phi) is 5.66. The third kappa shape index (κ3) is 3.97. The SMILES string of the molecule is N#Cc1c([N+](=O)[O-])ccc(C=Cc2ccc(N)cc2)c1CCCO. The highest BCUT2D eigenvalue weighted by Gasteiger charge is 2.19. The number of nitriles is 1. The van der Waals surface area contributed by atoms with E-state index in [1.165, 1.54) is 6.07 Å². The predicted molar refractivity (Wildman–Crippen MR) is 93.0 cm³/mol. The van der Waals surface area contributed by atoms with Gasteiger partial charge in [0.2, 0.25) is 0 Å². The van der Waals surface area contributed by atoms with Crippen LogP contribution in [0.3, 0.4) is 0 Å². The second kappa shape index (κ2) is 7.90. The average Bonchev–Trinajstić information content (AvgIpc) is 2.58. The molecule has 0 unspecified atom stereocenters. The summed E-state index contributed by atoms with van der Waals surface area (Å²) in [5.41, 5.74) is 8.37. The minimum atomic E-state index is -0.561. The van der Waals surface area contributed by atoms with E-state index in [0.717, 1.165) is 11.1 Å². The number of nitrogen functional groups attached to an aromatic ring is 1. The summed E-state index contributed by atoms with van der Waals surface area (Å²) in [6.07, 6.45) is 4.48. The van der Waals surface area contributed by atoms with Crippen LogP contribution in [0.1, 0.15) is 28.7 Å². The van der Waals surface area contributed by atoms with E-state index in [-0.39, 0.29) is 17.9 Å². The summed E-state index contributed by atoms with van der Waals surface area (Å²) in [5, 5.41) is 29.5. The highest BCUT2D eigenvalue weighted by Crippen LogP contribution is 2.27. The van der Waals surface area contributed by atoms with Crippen LogP contribution in [0.2, 0.25) is 0 Å². The third-order valence-electron chi connectivity index (χ3n) is 3.61. The monoisotopic (exact) mass is 323 g/mol. The van der Waals surface area contributed by atoms with Crippen molar-refractivity contribution in [2.75, 3.05) is 12.3 Å². The number of nitro benzene ring substituents is 1. The Morgan fingerprint density at radius 2 is 1.92 bits per heavy atom. The molecule has 24 heavy (non-hydrogen) atoms. The van der Waals surface area contributed by atoms with E-state index in [2.05, 4.69) is 0 Å². The lowest BCUT2D eigenvalue weighted by molar-refractivity contribution is -0.385. The van der Waals surface area contributed by atoms with Crippen LogP contribution >= 0.6 is 0 Å². The molecule has 0 atom stereocenters. The standard InChI is InChI=1S/C18H17N3O3/c19-12-17-16(2-1-11-22)14(7-10-18(17)21(23)24)6-3-13-4-8-15(20)9-5-13/h3-10,22H,1-2,11,20H2. The second-order valence-corrected chi connectivity index (χ2v) is 5.22. The first-order valence-corrected chi connectivity index (χ1v) is 7.41. The number of nitrogens with two attached hydrogens (primary N) is 1. The molecule has 0 heterocycles. The molecule has 0 radical (unpaired) electrons. The van der Waals surface area contributed by atoms with E-state index < -0.39 is 4.92 Å². The Labute approximate surface area is 139 Å². The first-order valence-electron chi connectivity index (χ1n) is 7.41. The van der Waals surface area contributed by atoms with E-state index >= 15 is 0 Å². The van der Waals surface area contributed by atoms with Gasteiger partial charge in [-0.3, -0.25) is 10.1 Å². The van der Waals surface area contributed by atoms with Crippen molar-refractivity contribution >= 4 is 23.5 Å². The highest BCUT2D eigenvalue weighted by molar-refractivity contribution is 5.74. The van der Waals surface area contributed by atoms with E-state index in [9.17, 15) is 15.4 Å². The smallest absolute Gasteiger partial charge is 0.287 e. The number of benzene rings is 2. The van der Waals surface area contributed by atoms with Crippen molar-refractivity contribution in [3.8, 4) is 6.07 Å². The van der Waals surface area contributed by atoms with Gasteiger partial charge >= 0.3 is 0 Å². The largest absolute Gasteiger partial charge is 0.399 e. The Balaban J connectivity index is 2.46. The van der Waals surface area contributed by atoms with Crippen LogP contribution < -0.4 is 5.73 Å². The van der Waals surface area contributed by atoms with Gasteiger partial charge in [0, 0.05) is 18.4 Å². The Hall–Kier alpha value is -3.17. The molecule has 6 nitrogen and oxygen atoms in total. The van der Waals surface area contributed by atoms with Gasteiger partial charge in [-0.05, 0) is 47.7 Å². The minimum Gasteiger partial charge on any atom is -0.399 e. The van der Waals surface area contributed by atoms with E-state index in [1.54, 1.807) is 18.2 Å². The molecule has 2 rings (SSSR count). The summed E-state index contributed by atoms with van der Waals surface area (Å²) >= 11 is 0. The van der Waals surface area contributed by atoms with Crippen molar-refractivity contribution in [3.05, 3.63) is 68.8 Å². The van der Waals surface area contributed by atoms with Gasteiger partial charge in [-0.15, -0.1) is 0 Å². The van der Waals surface area contributed by atoms with Crippen LogP contribution in [0.5, 0.6) is 0 Å². The van der Waals surface area contributed by atoms with E-state index in [0.29, 0.717) is 24.1 Å². The van der Waals surface area contributed by atoms with Crippen LogP contribution in [0, 0.1) is 21.4 Å². The van der Waals surface area contributed by atoms with Crippen molar-refractivity contribution in [1.29, 1.82) is 5.26 Å². The third-order valence-corrected chi connectivity index (χ3v) is 3.61. The summed E-state index contributed by atoms with van der Waals surface area (Å²) in [6, 6.07) is 12.2. The number of nitrogens with zero attached hydrogens (tertiary/aromatic N) is 2. The summed E-state index contributed by atoms with van der Waals surface area (Å²) in [6.45, 7) is -0.0469. The Morgan fingerprint density at radius 1 is 1.21 bits per heavy atom. The molecule has 2 aromatic rings. The molecule has 0 aromatic heterocycles. The molecule has 0 aliphatic carbocycles. The predicted octanol–water partition coefficient (Wildman–Crippen LogP) is 3.14. The molecule has 0 bridgehead atoms. The lowest BCUT2D eigenvalue weighted by atomic mass is 9.95. The zero-order chi connectivity index (χ0) is 17.5. The molecule has 0 saturated heterocycles. The molecule has 0 saturated carbocycles. The Morgan fingerprint density at radius 3 is 2.50 bits per heavy atom. The van der Waals surface area contributed by atoms with Crippen molar-refractivity contribution in [3.63, 3.8) is 0 Å². The number of rotatable bonds is 6. The fraction of sp³-hybridized carbons (Fsp3) is 0.167. The average molecular weight is 323 g/mol. The van der Waals surface area contributed by atoms with Gasteiger partial charge in [0.1, 0.15) is 11.6 Å². The molecule has 6 heteroatoms. The Bertz CT molecular complexity index is 805. The van der Waals surface area contributed by atoms with Crippen LogP contribution in [-0.2, 0) is 6.42 Å². The van der Waals surface area contributed by atoms with Crippen LogP contribution in [-0.4, -0.2) is 16.6 Å². The molecule has 2 aromatic carbocycles. The van der Waals surface area contributed by atoms with Crippen LogP contribution in [0.25, 0.3) is 12.2 Å². The topological polar surface area (TPSA) is 113 Å². The van der Waals surface area contributed by atoms with Gasteiger partial charge in [-0.2, -0.15) is 5.26 Å². The van der Waals surface area contributed by atoms with Crippen molar-refractivity contribution < 1.29 is 10.0 Å². The van der Waals surface area contributed by atoms with Gasteiger partial charge in [0.05, 0.1) is 4.92 Å². The lowest BCUT2D eigenvalue weighted by Gasteiger charge is -2.08. The van der Waals surface area contributed by atoms with E-state index in [4.69, 9.17) is 10.8 Å². The summed E-state index contributed by atoms with van der Waals surface area (Å²) in [4.78, 5) is 10.5. The molecular formula is C18H17N3O3. The zero-order valence-corrected chi connectivity index (χ0v) is 13.0. The first-order chi connectivity index (χ1) is 11.6. The number of nitro groups is 1. The quantitative estimate of drug-likeness (QED) is 0.367. The fourth-order valence-corrected chi connectivity index (χ4v) is 2.40. The van der Waals surface area contributed by atoms with Crippen LogP contribution in [0.15, 0.2) is 36.4 Å². The van der Waals surface area contributed by atoms with Gasteiger partial charge in [-0.1, -0.05) is 24.3 Å². The minimum absolute atomic E-state index is 0.0469. The number of aliphatic hydroxyl groups is 1. The van der Waals surface area contributed by atoms with Gasteiger partial charge in [-0.25, -0.2) is 0 Å². The zero-order valence-electron chi connectivity index (χ0n) is 13.0. The maximum atomic E-state index is 11.1. The van der Waals surface area contributed by atoms with Crippen LogP contribution in [0.4, 0.5) is 11.4 Å². The molecular weight excluding hydrogens is 306 g/mol. The molecule has 0 fully saturated rings. The maximum absolute atomic E-state index is 11.1. The maximum Gasteiger partial charge on any atom is 0.287 e. The highest BCUT2D eigenvalue weighted by atomic mass is 16.6. The fourth-order valence-electron chi connectivity index (χ4n) is 2.40. The molecule has 0 aliphatic rings. The normalized spacial score (nSPS) is 10.7. The molecule has 0 spiro atoms.